The van der Waals surface area contributed by atoms with Crippen LogP contribution in [0.25, 0.3) is 11.1 Å². The van der Waals surface area contributed by atoms with Crippen LogP contribution in [0.15, 0.2) is 48.5 Å². The summed E-state index contributed by atoms with van der Waals surface area (Å²) in [5, 5.41) is 0. The quantitative estimate of drug-likeness (QED) is 0.300. The Hall–Kier alpha value is -1.83. The van der Waals surface area contributed by atoms with E-state index in [1.807, 2.05) is 51.1 Å². The van der Waals surface area contributed by atoms with Gasteiger partial charge in [-0.2, -0.15) is 12.6 Å². The smallest absolute Gasteiger partial charge is 0.262 e. The summed E-state index contributed by atoms with van der Waals surface area (Å²) in [6.07, 6.45) is 4.69. The Bertz CT molecular complexity index is 858. The molecular weight excluding hydrogens is 471 g/mol. The molecule has 2 aromatic rings. The first-order valence-electron chi connectivity index (χ1n) is 12.1. The number of thiol groups is 1. The number of carbonyl (C=O) groups is 1. The molecule has 0 aliphatic carbocycles. The van der Waals surface area contributed by atoms with Crippen molar-refractivity contribution < 1.29 is 22.7 Å². The van der Waals surface area contributed by atoms with E-state index in [1.54, 1.807) is 19.2 Å². The Morgan fingerprint density at radius 1 is 1.14 bits per heavy atom. The molecule has 3 atom stereocenters. The molecule has 3 unspecified atom stereocenters. The molecule has 0 spiro atoms. The van der Waals surface area contributed by atoms with E-state index in [9.17, 15) is 18.0 Å². The highest BCUT2D eigenvalue weighted by atomic mass is 32.1. The fourth-order valence-electron chi connectivity index (χ4n) is 3.59. The third-order valence-corrected chi connectivity index (χ3v) is 5.71. The second kappa shape index (κ2) is 16.8. The Morgan fingerprint density at radius 2 is 1.71 bits per heavy atom. The first-order chi connectivity index (χ1) is 16.6. The van der Waals surface area contributed by atoms with Crippen molar-refractivity contribution in [2.75, 3.05) is 12.9 Å². The van der Waals surface area contributed by atoms with Gasteiger partial charge in [0.2, 0.25) is 0 Å². The lowest BCUT2D eigenvalue weighted by Crippen LogP contribution is -2.45. The number of alkyl halides is 2. The van der Waals surface area contributed by atoms with E-state index in [1.165, 1.54) is 19.1 Å². The maximum Gasteiger partial charge on any atom is 0.262 e. The van der Waals surface area contributed by atoms with Crippen LogP contribution < -0.4 is 5.73 Å². The maximum absolute atomic E-state index is 13.7. The molecule has 7 heteroatoms. The van der Waals surface area contributed by atoms with Crippen molar-refractivity contribution in [2.45, 2.75) is 77.9 Å². The maximum atomic E-state index is 13.7. The van der Waals surface area contributed by atoms with Crippen LogP contribution in [0.3, 0.4) is 0 Å². The molecule has 0 bridgehead atoms. The second-order valence-electron chi connectivity index (χ2n) is 8.42. The van der Waals surface area contributed by atoms with Crippen LogP contribution in [-0.4, -0.2) is 36.7 Å². The van der Waals surface area contributed by atoms with Crippen molar-refractivity contribution in [3.05, 3.63) is 59.9 Å². The first kappa shape index (κ1) is 33.2. The Morgan fingerprint density at radius 3 is 2.17 bits per heavy atom. The van der Waals surface area contributed by atoms with Crippen molar-refractivity contribution in [2.24, 2.45) is 11.7 Å². The predicted octanol–water partition coefficient (Wildman–Crippen LogP) is 7.37. The van der Waals surface area contributed by atoms with Crippen LogP contribution in [0.1, 0.15) is 59.4 Å². The summed E-state index contributed by atoms with van der Waals surface area (Å²) in [5.41, 5.74) is 7.83. The summed E-state index contributed by atoms with van der Waals surface area (Å²) >= 11 is 3.53. The zero-order chi connectivity index (χ0) is 27.1. The minimum absolute atomic E-state index is 0.262. The van der Waals surface area contributed by atoms with Gasteiger partial charge in [0.05, 0.1) is 6.04 Å². The van der Waals surface area contributed by atoms with Gasteiger partial charge in [-0.25, -0.2) is 13.2 Å². The highest BCUT2D eigenvalue weighted by Crippen LogP contribution is 2.29. The van der Waals surface area contributed by atoms with Gasteiger partial charge >= 0.3 is 0 Å². The van der Waals surface area contributed by atoms with Gasteiger partial charge in [0.25, 0.3) is 5.92 Å². The van der Waals surface area contributed by atoms with E-state index in [0.29, 0.717) is 6.42 Å². The van der Waals surface area contributed by atoms with E-state index in [-0.39, 0.29) is 18.2 Å². The average Bonchev–Trinajstić information content (AvgIpc) is 3.33. The van der Waals surface area contributed by atoms with Gasteiger partial charge in [-0.1, -0.05) is 64.1 Å². The molecule has 1 fully saturated rings. The molecule has 1 saturated heterocycles. The molecule has 3 rings (SSSR count). The van der Waals surface area contributed by atoms with Crippen molar-refractivity contribution in [3.8, 4) is 11.1 Å². The van der Waals surface area contributed by atoms with E-state index < -0.39 is 17.6 Å². The number of rotatable bonds is 7. The van der Waals surface area contributed by atoms with Gasteiger partial charge in [0, 0.05) is 13.0 Å². The highest BCUT2D eigenvalue weighted by Gasteiger charge is 2.38. The van der Waals surface area contributed by atoms with Crippen LogP contribution in [-0.2, 0) is 16.0 Å². The van der Waals surface area contributed by atoms with Crippen molar-refractivity contribution in [3.63, 3.8) is 0 Å². The van der Waals surface area contributed by atoms with Gasteiger partial charge in [0.15, 0.2) is 6.29 Å². The number of nitrogens with two attached hydrogens (primary N) is 1. The minimum atomic E-state index is -2.86. The van der Waals surface area contributed by atoms with E-state index in [0.717, 1.165) is 42.4 Å². The summed E-state index contributed by atoms with van der Waals surface area (Å²) in [6, 6.07) is 12.7. The molecule has 1 heterocycles. The molecule has 35 heavy (non-hydrogen) atoms. The zero-order valence-electron chi connectivity index (χ0n) is 21.9. The molecule has 1 aliphatic heterocycles. The Kier molecular flexibility index (Phi) is 15.9. The standard InChI is InChI=1S/C19H22F3N.C6H10O2.C2H6.CH4S/c1-3-19(21,22)18(23)13(2)10-14-6-4-7-15(11-14)16-8-5-9-17(20)12-16;1-6(5-7)3-2-4-8-6;2*1-2/h4-9,11-13,18H,3,10,23H2,1-2H3;5H,2-4H2,1H3;1-2H3;2H,1H3. The molecule has 0 amide bonds. The molecule has 0 aromatic heterocycles. The summed E-state index contributed by atoms with van der Waals surface area (Å²) in [4.78, 5) is 10.2. The van der Waals surface area contributed by atoms with Crippen LogP contribution in [0.5, 0.6) is 0 Å². The van der Waals surface area contributed by atoms with Crippen LogP contribution in [0.4, 0.5) is 13.2 Å². The number of hydrogen-bond donors (Lipinski definition) is 2. The molecule has 2 aromatic carbocycles. The van der Waals surface area contributed by atoms with Gasteiger partial charge in [0.1, 0.15) is 11.4 Å². The normalized spacial score (nSPS) is 18.5. The van der Waals surface area contributed by atoms with E-state index >= 15 is 0 Å². The second-order valence-corrected chi connectivity index (χ2v) is 8.42. The van der Waals surface area contributed by atoms with E-state index in [2.05, 4.69) is 12.6 Å². The molecule has 0 saturated carbocycles. The average molecular weight is 514 g/mol. The highest BCUT2D eigenvalue weighted by molar-refractivity contribution is 7.79. The minimum Gasteiger partial charge on any atom is -0.368 e. The number of ether oxygens (including phenoxy) is 1. The van der Waals surface area contributed by atoms with E-state index in [4.69, 9.17) is 10.5 Å². The van der Waals surface area contributed by atoms with Crippen LogP contribution in [0.2, 0.25) is 0 Å². The van der Waals surface area contributed by atoms with Crippen molar-refractivity contribution in [1.29, 1.82) is 0 Å². The Labute approximate surface area is 215 Å². The zero-order valence-corrected chi connectivity index (χ0v) is 22.8. The fourth-order valence-corrected chi connectivity index (χ4v) is 3.59. The third-order valence-electron chi connectivity index (χ3n) is 5.71. The predicted molar refractivity (Wildman–Crippen MR) is 144 cm³/mol. The summed E-state index contributed by atoms with van der Waals surface area (Å²) in [6.45, 7) is 9.75. The topological polar surface area (TPSA) is 52.3 Å². The largest absolute Gasteiger partial charge is 0.368 e. The van der Waals surface area contributed by atoms with Crippen LogP contribution >= 0.6 is 12.6 Å². The van der Waals surface area contributed by atoms with Gasteiger partial charge < -0.3 is 15.3 Å². The first-order valence-corrected chi connectivity index (χ1v) is 13.0. The van der Waals surface area contributed by atoms with Gasteiger partial charge in [-0.3, -0.25) is 0 Å². The number of hydrogen-bond acceptors (Lipinski definition) is 4. The molecular formula is C28H42F3NO2S. The summed E-state index contributed by atoms with van der Waals surface area (Å²) < 4.78 is 45.9. The number of halogens is 3. The lowest BCUT2D eigenvalue weighted by atomic mass is 9.88. The number of benzene rings is 2. The monoisotopic (exact) mass is 513 g/mol. The Balaban J connectivity index is 0.000000801. The molecule has 3 nitrogen and oxygen atoms in total. The fraction of sp³-hybridized carbons (Fsp3) is 0.536. The van der Waals surface area contributed by atoms with Gasteiger partial charge in [-0.05, 0) is 67.2 Å². The number of carbonyl (C=O) groups excluding carboxylic acids is 1. The third kappa shape index (κ3) is 11.2. The molecule has 0 radical (unpaired) electrons. The summed E-state index contributed by atoms with van der Waals surface area (Å²) in [7, 11) is 0. The lowest BCUT2D eigenvalue weighted by molar-refractivity contribution is -0.123. The molecule has 198 valence electrons. The number of aldehydes is 1. The SMILES string of the molecule is CC.CC1(C=O)CCCO1.CCC(F)(F)C(N)C(C)Cc1cccc(-c2cccc(F)c2)c1.CS. The molecule has 2 N–H and O–H groups in total. The molecule has 1 aliphatic rings. The summed E-state index contributed by atoms with van der Waals surface area (Å²) in [5.74, 6) is -3.52. The lowest BCUT2D eigenvalue weighted by Gasteiger charge is -2.27. The van der Waals surface area contributed by atoms with Crippen LogP contribution in [0, 0.1) is 11.7 Å². The van der Waals surface area contributed by atoms with Crippen molar-refractivity contribution >= 4 is 18.9 Å². The van der Waals surface area contributed by atoms with Crippen molar-refractivity contribution in [1.82, 2.24) is 0 Å². The van der Waals surface area contributed by atoms with Gasteiger partial charge in [-0.15, -0.1) is 0 Å².